The summed E-state index contributed by atoms with van der Waals surface area (Å²) in [6.45, 7) is 6.03. The van der Waals surface area contributed by atoms with E-state index in [0.717, 1.165) is 11.6 Å². The molecule has 2 aliphatic heterocycles. The summed E-state index contributed by atoms with van der Waals surface area (Å²) < 4.78 is 2.10. The van der Waals surface area contributed by atoms with E-state index in [1.54, 1.807) is 4.90 Å². The first-order chi connectivity index (χ1) is 11.5. The predicted molar refractivity (Wildman–Crippen MR) is 84.1 cm³/mol. The van der Waals surface area contributed by atoms with Crippen molar-refractivity contribution in [2.75, 3.05) is 13.1 Å². The van der Waals surface area contributed by atoms with E-state index in [1.165, 1.54) is 0 Å². The minimum absolute atomic E-state index is 0.00578. The van der Waals surface area contributed by atoms with Crippen LogP contribution in [0.4, 0.5) is 4.79 Å². The lowest BCUT2D eigenvalue weighted by Gasteiger charge is -2.20. The Bertz CT molecular complexity index is 668. The van der Waals surface area contributed by atoms with E-state index in [4.69, 9.17) is 0 Å². The third kappa shape index (κ3) is 3.24. The molecule has 4 amide bonds. The number of amides is 4. The van der Waals surface area contributed by atoms with Gasteiger partial charge in [-0.2, -0.15) is 0 Å². The third-order valence-corrected chi connectivity index (χ3v) is 4.43. The Kier molecular flexibility index (Phi) is 4.50. The molecule has 2 N–H and O–H groups in total. The van der Waals surface area contributed by atoms with Crippen LogP contribution in [0.1, 0.15) is 44.3 Å². The molecule has 2 aliphatic rings. The van der Waals surface area contributed by atoms with Gasteiger partial charge in [0.1, 0.15) is 17.7 Å². The number of aromatic nitrogens is 3. The Morgan fingerprint density at radius 1 is 1.25 bits per heavy atom. The van der Waals surface area contributed by atoms with Gasteiger partial charge in [-0.3, -0.25) is 14.9 Å². The van der Waals surface area contributed by atoms with Gasteiger partial charge in [-0.15, -0.1) is 10.2 Å². The first kappa shape index (κ1) is 16.4. The second-order valence-electron chi connectivity index (χ2n) is 6.47. The SMILES string of the molecule is CC(C)c1nnc2n1CCN(C(=O)CC[C@H]1NC(=O)NC1=O)CC2. The number of fused-ring (bicyclic) bond motifs is 1. The minimum atomic E-state index is -0.611. The quantitative estimate of drug-likeness (QED) is 0.740. The minimum Gasteiger partial charge on any atom is -0.340 e. The maximum Gasteiger partial charge on any atom is 0.322 e. The number of hydrogen-bond donors (Lipinski definition) is 2. The van der Waals surface area contributed by atoms with E-state index in [2.05, 4.69) is 39.2 Å². The maximum absolute atomic E-state index is 12.4. The number of rotatable bonds is 4. The van der Waals surface area contributed by atoms with E-state index in [1.807, 2.05) is 0 Å². The smallest absolute Gasteiger partial charge is 0.322 e. The van der Waals surface area contributed by atoms with Gasteiger partial charge in [0.15, 0.2) is 0 Å². The fraction of sp³-hybridized carbons (Fsp3) is 0.667. The molecule has 3 rings (SSSR count). The molecule has 9 nitrogen and oxygen atoms in total. The molecule has 130 valence electrons. The van der Waals surface area contributed by atoms with Crippen LogP contribution in [0.3, 0.4) is 0 Å². The van der Waals surface area contributed by atoms with E-state index >= 15 is 0 Å². The van der Waals surface area contributed by atoms with Crippen LogP contribution in [0.25, 0.3) is 0 Å². The molecule has 1 atom stereocenters. The first-order valence-corrected chi connectivity index (χ1v) is 8.27. The van der Waals surface area contributed by atoms with Gasteiger partial charge in [0.2, 0.25) is 5.91 Å². The predicted octanol–water partition coefficient (Wildman–Crippen LogP) is -0.226. The molecular formula is C15H22N6O3. The number of urea groups is 1. The number of carbonyl (C=O) groups is 3. The van der Waals surface area contributed by atoms with E-state index in [0.29, 0.717) is 32.5 Å². The maximum atomic E-state index is 12.4. The summed E-state index contributed by atoms with van der Waals surface area (Å²) in [7, 11) is 0. The zero-order valence-corrected chi connectivity index (χ0v) is 13.9. The number of imide groups is 1. The molecule has 9 heteroatoms. The molecule has 0 saturated carbocycles. The molecule has 1 aromatic rings. The summed E-state index contributed by atoms with van der Waals surface area (Å²) in [4.78, 5) is 36.8. The van der Waals surface area contributed by atoms with Gasteiger partial charge in [-0.1, -0.05) is 13.8 Å². The summed E-state index contributed by atoms with van der Waals surface area (Å²) in [6, 6.07) is -1.10. The van der Waals surface area contributed by atoms with Gasteiger partial charge >= 0.3 is 6.03 Å². The van der Waals surface area contributed by atoms with E-state index in [-0.39, 0.29) is 24.2 Å². The van der Waals surface area contributed by atoms with Crippen LogP contribution in [-0.2, 0) is 22.6 Å². The number of hydrogen-bond acceptors (Lipinski definition) is 5. The molecule has 3 heterocycles. The molecular weight excluding hydrogens is 312 g/mol. The molecule has 1 saturated heterocycles. The third-order valence-electron chi connectivity index (χ3n) is 4.43. The van der Waals surface area contributed by atoms with Crippen LogP contribution >= 0.6 is 0 Å². The van der Waals surface area contributed by atoms with Crippen LogP contribution in [0.5, 0.6) is 0 Å². The van der Waals surface area contributed by atoms with E-state index in [9.17, 15) is 14.4 Å². The highest BCUT2D eigenvalue weighted by molar-refractivity contribution is 6.04. The number of carbonyl (C=O) groups excluding carboxylic acids is 3. The fourth-order valence-corrected chi connectivity index (χ4v) is 3.11. The van der Waals surface area contributed by atoms with Crippen molar-refractivity contribution in [2.45, 2.75) is 51.6 Å². The van der Waals surface area contributed by atoms with Crippen molar-refractivity contribution < 1.29 is 14.4 Å². The van der Waals surface area contributed by atoms with Gasteiger partial charge in [-0.25, -0.2) is 4.79 Å². The Labute approximate surface area is 139 Å². The Morgan fingerprint density at radius 2 is 2.04 bits per heavy atom. The lowest BCUT2D eigenvalue weighted by atomic mass is 10.1. The number of nitrogens with one attached hydrogen (secondary N) is 2. The van der Waals surface area contributed by atoms with Crippen LogP contribution < -0.4 is 10.6 Å². The van der Waals surface area contributed by atoms with Gasteiger partial charge < -0.3 is 14.8 Å². The van der Waals surface area contributed by atoms with Crippen LogP contribution in [0, 0.1) is 0 Å². The molecule has 0 bridgehead atoms. The number of nitrogens with zero attached hydrogens (tertiary/aromatic N) is 4. The normalized spacial score (nSPS) is 20.6. The van der Waals surface area contributed by atoms with Crippen molar-refractivity contribution >= 4 is 17.8 Å². The van der Waals surface area contributed by atoms with Crippen molar-refractivity contribution in [1.82, 2.24) is 30.3 Å². The highest BCUT2D eigenvalue weighted by atomic mass is 16.2. The molecule has 1 fully saturated rings. The molecule has 1 aromatic heterocycles. The van der Waals surface area contributed by atoms with Gasteiger partial charge in [0.05, 0.1) is 0 Å². The standard InChI is InChI=1S/C15H22N6O3/c1-9(2)13-19-18-11-5-6-20(7-8-21(11)13)12(22)4-3-10-14(23)17-15(24)16-10/h9-10H,3-8H2,1-2H3,(H2,16,17,23,24)/t10-/m1/s1. The van der Waals surface area contributed by atoms with Crippen LogP contribution in [-0.4, -0.2) is 56.6 Å². The summed E-state index contributed by atoms with van der Waals surface area (Å²) in [6.07, 6.45) is 1.22. The second-order valence-corrected chi connectivity index (χ2v) is 6.47. The van der Waals surface area contributed by atoms with Gasteiger partial charge in [0, 0.05) is 38.4 Å². The summed E-state index contributed by atoms with van der Waals surface area (Å²) in [5, 5.41) is 13.2. The lowest BCUT2D eigenvalue weighted by molar-refractivity contribution is -0.131. The van der Waals surface area contributed by atoms with Crippen LogP contribution in [0.2, 0.25) is 0 Å². The van der Waals surface area contributed by atoms with Crippen molar-refractivity contribution in [3.05, 3.63) is 11.6 Å². The second kappa shape index (κ2) is 6.58. The topological polar surface area (TPSA) is 109 Å². The van der Waals surface area contributed by atoms with E-state index < -0.39 is 12.1 Å². The molecule has 0 aromatic carbocycles. The molecule has 0 unspecified atom stereocenters. The fourth-order valence-electron chi connectivity index (χ4n) is 3.11. The average Bonchev–Trinajstić information content (AvgIpc) is 3.01. The molecule has 0 radical (unpaired) electrons. The van der Waals surface area contributed by atoms with Crippen molar-refractivity contribution in [1.29, 1.82) is 0 Å². The Hall–Kier alpha value is -2.45. The monoisotopic (exact) mass is 334 g/mol. The van der Waals surface area contributed by atoms with Gasteiger partial charge in [-0.05, 0) is 6.42 Å². The summed E-state index contributed by atoms with van der Waals surface area (Å²) >= 11 is 0. The zero-order chi connectivity index (χ0) is 17.3. The molecule has 24 heavy (non-hydrogen) atoms. The van der Waals surface area contributed by atoms with Crippen molar-refractivity contribution in [2.24, 2.45) is 0 Å². The summed E-state index contributed by atoms with van der Waals surface area (Å²) in [5.41, 5.74) is 0. The highest BCUT2D eigenvalue weighted by Crippen LogP contribution is 2.17. The highest BCUT2D eigenvalue weighted by Gasteiger charge is 2.30. The first-order valence-electron chi connectivity index (χ1n) is 8.27. The molecule has 0 aliphatic carbocycles. The largest absolute Gasteiger partial charge is 0.340 e. The van der Waals surface area contributed by atoms with Crippen LogP contribution in [0.15, 0.2) is 0 Å². The van der Waals surface area contributed by atoms with Crippen molar-refractivity contribution in [3.8, 4) is 0 Å². The van der Waals surface area contributed by atoms with Crippen molar-refractivity contribution in [3.63, 3.8) is 0 Å². The zero-order valence-electron chi connectivity index (χ0n) is 13.9. The van der Waals surface area contributed by atoms with Gasteiger partial charge in [0.25, 0.3) is 5.91 Å². The molecule has 0 spiro atoms. The summed E-state index contributed by atoms with van der Waals surface area (Å²) in [5.74, 6) is 1.78. The lowest BCUT2D eigenvalue weighted by Crippen LogP contribution is -2.36. The Balaban J connectivity index is 1.56. The Morgan fingerprint density at radius 3 is 2.71 bits per heavy atom. The average molecular weight is 334 g/mol.